The van der Waals surface area contributed by atoms with Crippen molar-refractivity contribution in [3.63, 3.8) is 0 Å². The number of rotatable bonds is 7. The van der Waals surface area contributed by atoms with Crippen molar-refractivity contribution in [1.29, 1.82) is 0 Å². The molecule has 4 rings (SSSR count). The fraction of sp³-hybridized carbons (Fsp3) is 0.320. The Morgan fingerprint density at radius 3 is 2.72 bits per heavy atom. The van der Waals surface area contributed by atoms with Gasteiger partial charge in [0.15, 0.2) is 11.6 Å². The number of hydrogen-bond acceptors (Lipinski definition) is 7. The molecule has 1 unspecified atom stereocenters. The smallest absolute Gasteiger partial charge is 0.420 e. The lowest BCUT2D eigenvalue weighted by atomic mass is 10.00. The molecule has 0 saturated carbocycles. The maximum Gasteiger partial charge on any atom is 0.420 e. The number of aromatic nitrogens is 2. The maximum atomic E-state index is 14.7. The van der Waals surface area contributed by atoms with Crippen LogP contribution in [0, 0.1) is 11.7 Å². The first-order valence-electron chi connectivity index (χ1n) is 11.4. The maximum absolute atomic E-state index is 14.7. The molecule has 11 heteroatoms. The highest BCUT2D eigenvalue weighted by Crippen LogP contribution is 2.27. The van der Waals surface area contributed by atoms with Crippen molar-refractivity contribution >= 4 is 46.7 Å². The van der Waals surface area contributed by atoms with Crippen LogP contribution >= 0.6 is 23.2 Å². The van der Waals surface area contributed by atoms with E-state index in [2.05, 4.69) is 27.2 Å². The van der Waals surface area contributed by atoms with Crippen LogP contribution in [0.2, 0.25) is 10.0 Å². The van der Waals surface area contributed by atoms with Gasteiger partial charge in [0.2, 0.25) is 5.95 Å². The zero-order valence-electron chi connectivity index (χ0n) is 19.9. The average Bonchev–Trinajstić information content (AvgIpc) is 2.82. The summed E-state index contributed by atoms with van der Waals surface area (Å²) in [6.07, 6.45) is 2.97. The van der Waals surface area contributed by atoms with E-state index < -0.39 is 11.9 Å². The second kappa shape index (κ2) is 11.7. The molecule has 3 aromatic rings. The molecule has 36 heavy (non-hydrogen) atoms. The predicted octanol–water partition coefficient (Wildman–Crippen LogP) is 6.02. The number of anilines is 3. The van der Waals surface area contributed by atoms with Gasteiger partial charge in [0, 0.05) is 47.5 Å². The van der Waals surface area contributed by atoms with Gasteiger partial charge >= 0.3 is 6.09 Å². The molecule has 1 N–H and O–H groups in total. The van der Waals surface area contributed by atoms with Crippen LogP contribution in [0.15, 0.2) is 48.7 Å². The number of halogens is 3. The monoisotopic (exact) mass is 533 g/mol. The number of benzene rings is 2. The first-order chi connectivity index (χ1) is 17.3. The van der Waals surface area contributed by atoms with Gasteiger partial charge in [0.1, 0.15) is 11.6 Å². The molecule has 190 valence electrons. The van der Waals surface area contributed by atoms with Gasteiger partial charge in [-0.3, -0.25) is 4.90 Å². The number of hydrogen-bond donors (Lipinski definition) is 1. The Bertz CT molecular complexity index is 1210. The lowest BCUT2D eigenvalue weighted by molar-refractivity contribution is 0.147. The third kappa shape index (κ3) is 6.96. The van der Waals surface area contributed by atoms with Crippen molar-refractivity contribution in [2.24, 2.45) is 5.92 Å². The number of carbonyl (C=O) groups is 1. The summed E-state index contributed by atoms with van der Waals surface area (Å²) in [5.74, 6) is 0.745. The van der Waals surface area contributed by atoms with Crippen LogP contribution in [0.4, 0.5) is 26.6 Å². The number of amides is 1. The highest BCUT2D eigenvalue weighted by Gasteiger charge is 2.19. The Balaban J connectivity index is 1.37. The summed E-state index contributed by atoms with van der Waals surface area (Å²) in [6.45, 7) is 2.51. The van der Waals surface area contributed by atoms with Gasteiger partial charge in [-0.15, -0.1) is 0 Å². The van der Waals surface area contributed by atoms with E-state index in [4.69, 9.17) is 32.7 Å². The Kier molecular flexibility index (Phi) is 8.45. The molecule has 1 saturated heterocycles. The molecular formula is C25H26Cl2FN5O3. The molecule has 2 heterocycles. The van der Waals surface area contributed by atoms with Crippen molar-refractivity contribution in [2.75, 3.05) is 44.0 Å². The van der Waals surface area contributed by atoms with E-state index in [0.717, 1.165) is 25.9 Å². The molecule has 1 atom stereocenters. The largest absolute Gasteiger partial charge is 0.490 e. The van der Waals surface area contributed by atoms with E-state index in [-0.39, 0.29) is 23.3 Å². The number of nitrogens with one attached hydrogen (secondary N) is 1. The SMILES string of the molecule is CN1CCCC(COc2ccc(Nc3nccc(N(C)C(=O)Oc4cc(Cl)cc(Cl)c4)n3)cc2F)C1. The minimum Gasteiger partial charge on any atom is -0.490 e. The summed E-state index contributed by atoms with van der Waals surface area (Å²) < 4.78 is 25.7. The van der Waals surface area contributed by atoms with Crippen LogP contribution in [0.25, 0.3) is 0 Å². The van der Waals surface area contributed by atoms with Crippen LogP contribution in [0.3, 0.4) is 0 Å². The van der Waals surface area contributed by atoms with Crippen molar-refractivity contribution in [3.05, 3.63) is 64.5 Å². The van der Waals surface area contributed by atoms with Crippen LogP contribution in [-0.2, 0) is 0 Å². The topological polar surface area (TPSA) is 79.8 Å². The van der Waals surface area contributed by atoms with Gasteiger partial charge < -0.3 is 19.7 Å². The third-order valence-electron chi connectivity index (χ3n) is 5.68. The van der Waals surface area contributed by atoms with Crippen molar-refractivity contribution in [2.45, 2.75) is 12.8 Å². The number of ether oxygens (including phenoxy) is 2. The molecule has 0 bridgehead atoms. The standard InChI is InChI=1S/C25H26Cl2FN5O3/c1-32-9-3-4-16(14-32)15-35-22-6-5-19(13-21(22)28)30-24-29-8-7-23(31-24)33(2)25(34)36-20-11-17(26)10-18(27)12-20/h5-8,10-13,16H,3-4,9,14-15H2,1-2H3,(H,29,30,31). The molecule has 2 aromatic carbocycles. The van der Waals surface area contributed by atoms with Crippen molar-refractivity contribution < 1.29 is 18.7 Å². The molecule has 0 radical (unpaired) electrons. The quantitative estimate of drug-likeness (QED) is 0.397. The fourth-order valence-corrected chi connectivity index (χ4v) is 4.39. The Morgan fingerprint density at radius 1 is 1.22 bits per heavy atom. The number of likely N-dealkylation sites (tertiary alicyclic amines) is 1. The average molecular weight is 534 g/mol. The first-order valence-corrected chi connectivity index (χ1v) is 12.1. The number of nitrogens with zero attached hydrogens (tertiary/aromatic N) is 4. The second-order valence-electron chi connectivity index (χ2n) is 8.62. The Hall–Kier alpha value is -3.14. The lowest BCUT2D eigenvalue weighted by Crippen LogP contribution is -2.34. The van der Waals surface area contributed by atoms with E-state index in [0.29, 0.717) is 28.3 Å². The molecular weight excluding hydrogens is 508 g/mol. The summed E-state index contributed by atoms with van der Waals surface area (Å²) in [7, 11) is 3.58. The van der Waals surface area contributed by atoms with Gasteiger partial charge in [-0.1, -0.05) is 23.2 Å². The van der Waals surface area contributed by atoms with E-state index in [1.165, 1.54) is 48.5 Å². The zero-order chi connectivity index (χ0) is 25.7. The molecule has 1 aliphatic heterocycles. The van der Waals surface area contributed by atoms with E-state index in [9.17, 15) is 9.18 Å². The summed E-state index contributed by atoms with van der Waals surface area (Å²) in [6, 6.07) is 10.6. The lowest BCUT2D eigenvalue weighted by Gasteiger charge is -2.29. The summed E-state index contributed by atoms with van der Waals surface area (Å²) in [5.41, 5.74) is 0.438. The summed E-state index contributed by atoms with van der Waals surface area (Å²) in [4.78, 5) is 24.5. The molecule has 1 fully saturated rings. The van der Waals surface area contributed by atoms with Crippen LogP contribution in [0.1, 0.15) is 12.8 Å². The van der Waals surface area contributed by atoms with Crippen molar-refractivity contribution in [1.82, 2.24) is 14.9 Å². The van der Waals surface area contributed by atoms with Gasteiger partial charge in [-0.05, 0) is 62.8 Å². The molecule has 0 spiro atoms. The molecule has 8 nitrogen and oxygen atoms in total. The van der Waals surface area contributed by atoms with Crippen LogP contribution in [0.5, 0.6) is 11.5 Å². The fourth-order valence-electron chi connectivity index (χ4n) is 3.89. The van der Waals surface area contributed by atoms with Crippen LogP contribution in [-0.4, -0.2) is 54.8 Å². The summed E-state index contributed by atoms with van der Waals surface area (Å²) in [5, 5.41) is 3.62. The molecule has 1 amide bonds. The highest BCUT2D eigenvalue weighted by molar-refractivity contribution is 6.34. The van der Waals surface area contributed by atoms with Crippen molar-refractivity contribution in [3.8, 4) is 11.5 Å². The van der Waals surface area contributed by atoms with E-state index >= 15 is 0 Å². The van der Waals surface area contributed by atoms with Gasteiger partial charge in [0.25, 0.3) is 0 Å². The van der Waals surface area contributed by atoms with Gasteiger partial charge in [-0.25, -0.2) is 14.2 Å². The predicted molar refractivity (Wildman–Crippen MR) is 138 cm³/mol. The second-order valence-corrected chi connectivity index (χ2v) is 9.50. The first kappa shape index (κ1) is 25.9. The molecule has 1 aliphatic rings. The van der Waals surface area contributed by atoms with E-state index in [1.54, 1.807) is 12.1 Å². The van der Waals surface area contributed by atoms with Gasteiger partial charge in [0.05, 0.1) is 6.61 Å². The minimum absolute atomic E-state index is 0.177. The van der Waals surface area contributed by atoms with Crippen LogP contribution < -0.4 is 19.7 Å². The zero-order valence-corrected chi connectivity index (χ0v) is 21.4. The number of piperidine rings is 1. The highest BCUT2D eigenvalue weighted by atomic mass is 35.5. The summed E-state index contributed by atoms with van der Waals surface area (Å²) >= 11 is 11.9. The number of carbonyl (C=O) groups excluding carboxylic acids is 1. The minimum atomic E-state index is -0.699. The molecule has 0 aliphatic carbocycles. The Labute approximate surface area is 218 Å². The third-order valence-corrected chi connectivity index (χ3v) is 6.12. The van der Waals surface area contributed by atoms with Gasteiger partial charge in [-0.2, -0.15) is 4.98 Å². The Morgan fingerprint density at radius 2 is 2.00 bits per heavy atom. The molecule has 1 aromatic heterocycles. The van der Waals surface area contributed by atoms with E-state index in [1.807, 2.05) is 0 Å². The normalized spacial score (nSPS) is 15.9.